The first kappa shape index (κ1) is 28.4. The lowest BCUT2D eigenvalue weighted by molar-refractivity contribution is -0.133. The second-order valence-electron chi connectivity index (χ2n) is 9.49. The summed E-state index contributed by atoms with van der Waals surface area (Å²) in [5, 5.41) is 10.6. The van der Waals surface area contributed by atoms with E-state index in [-0.39, 0.29) is 6.61 Å². The molecule has 1 fully saturated rings. The number of carbonyl (C=O) groups excluding carboxylic acids is 3. The van der Waals surface area contributed by atoms with E-state index in [0.29, 0.717) is 33.7 Å². The van der Waals surface area contributed by atoms with Crippen molar-refractivity contribution >= 4 is 56.9 Å². The monoisotopic (exact) mass is 615 g/mol. The van der Waals surface area contributed by atoms with Gasteiger partial charge in [0.1, 0.15) is 29.5 Å². The van der Waals surface area contributed by atoms with Crippen LogP contribution in [0.4, 0.5) is 4.79 Å². The average Bonchev–Trinajstić information content (AvgIpc) is 3.19. The normalized spacial score (nSPS) is 19.6. The summed E-state index contributed by atoms with van der Waals surface area (Å²) >= 11 is 4.38. The Hall–Kier alpha value is -3.57. The van der Waals surface area contributed by atoms with E-state index in [4.69, 9.17) is 19.3 Å². The van der Waals surface area contributed by atoms with Gasteiger partial charge in [0.15, 0.2) is 0 Å². The van der Waals surface area contributed by atoms with Crippen LogP contribution in [0, 0.1) is 20.8 Å². The van der Waals surface area contributed by atoms with Gasteiger partial charge in [0.05, 0.1) is 9.38 Å². The van der Waals surface area contributed by atoms with Crippen molar-refractivity contribution in [3.05, 3.63) is 67.5 Å². The van der Waals surface area contributed by atoms with Gasteiger partial charge < -0.3 is 19.3 Å². The summed E-state index contributed by atoms with van der Waals surface area (Å²) < 4.78 is 18.8. The molecule has 0 aromatic heterocycles. The summed E-state index contributed by atoms with van der Waals surface area (Å²) in [4.78, 5) is 46.4. The van der Waals surface area contributed by atoms with Crippen molar-refractivity contribution in [3.63, 3.8) is 0 Å². The number of ether oxygens (including phenoxy) is 3. The molecule has 0 radical (unpaired) electrons. The van der Waals surface area contributed by atoms with E-state index >= 15 is 0 Å². The molecule has 11 heteroatoms. The molecule has 1 saturated heterocycles. The molecular formula is C28H26BrNO8S. The highest BCUT2D eigenvalue weighted by Gasteiger charge is 2.36. The number of nitrogens with one attached hydrogen (secondary N) is 1. The minimum Gasteiger partial charge on any atom is -0.488 e. The minimum absolute atomic E-state index is 0.270. The second-order valence-corrected chi connectivity index (χ2v) is 11.4. The van der Waals surface area contributed by atoms with Gasteiger partial charge in [-0.2, -0.15) is 0 Å². The molecule has 1 atom stereocenters. The first-order chi connectivity index (χ1) is 18.4. The summed E-state index contributed by atoms with van der Waals surface area (Å²) in [5.74, 6) is -0.660. The molecule has 1 unspecified atom stereocenters. The number of esters is 1. The molecule has 2 aliphatic rings. The molecule has 2 aromatic rings. The number of hydrogen-bond donors (Lipinski definition) is 2. The van der Waals surface area contributed by atoms with Gasteiger partial charge in [-0.25, -0.2) is 9.59 Å². The van der Waals surface area contributed by atoms with Crippen LogP contribution in [0.5, 0.6) is 17.2 Å². The van der Waals surface area contributed by atoms with Gasteiger partial charge in [-0.05, 0) is 109 Å². The van der Waals surface area contributed by atoms with E-state index in [9.17, 15) is 19.2 Å². The Kier molecular flexibility index (Phi) is 8.22. The number of halogens is 1. The maximum absolute atomic E-state index is 12.1. The predicted octanol–water partition coefficient (Wildman–Crippen LogP) is 5.41. The fourth-order valence-corrected chi connectivity index (χ4v) is 5.53. The van der Waals surface area contributed by atoms with Gasteiger partial charge >= 0.3 is 11.9 Å². The number of hydrogen-bond acceptors (Lipinski definition) is 8. The number of aliphatic carboxylic acids is 1. The number of carboxylic acid groups (broad SMARTS) is 1. The second kappa shape index (κ2) is 11.3. The SMILES string of the molecule is Cc1c(C)c2c(c(C)c1OC(=O)C=CC(=O)O)CCC(C)(COc1ccc(C=C3SC(=O)NC3=O)cc1Br)O2. The van der Waals surface area contributed by atoms with Crippen LogP contribution in [0.25, 0.3) is 6.08 Å². The Labute approximate surface area is 237 Å². The van der Waals surface area contributed by atoms with E-state index in [0.717, 1.165) is 57.5 Å². The highest BCUT2D eigenvalue weighted by Crippen LogP contribution is 2.44. The quantitative estimate of drug-likeness (QED) is 0.239. The van der Waals surface area contributed by atoms with Gasteiger partial charge in [-0.15, -0.1) is 0 Å². The third kappa shape index (κ3) is 6.36. The number of imide groups is 1. The molecule has 0 bridgehead atoms. The van der Waals surface area contributed by atoms with E-state index < -0.39 is 28.7 Å². The van der Waals surface area contributed by atoms with Gasteiger partial charge in [0.25, 0.3) is 11.1 Å². The third-order valence-electron chi connectivity index (χ3n) is 6.56. The minimum atomic E-state index is -1.23. The van der Waals surface area contributed by atoms with Crippen LogP contribution in [-0.2, 0) is 20.8 Å². The lowest BCUT2D eigenvalue weighted by Gasteiger charge is -2.38. The molecule has 2 amide bonds. The van der Waals surface area contributed by atoms with Crippen LogP contribution in [0.1, 0.15) is 41.2 Å². The molecule has 2 aliphatic heterocycles. The summed E-state index contributed by atoms with van der Waals surface area (Å²) in [5.41, 5.74) is 3.39. The molecule has 2 N–H and O–H groups in total. The van der Waals surface area contributed by atoms with E-state index in [1.54, 1.807) is 18.2 Å². The van der Waals surface area contributed by atoms with Gasteiger partial charge in [0, 0.05) is 17.7 Å². The van der Waals surface area contributed by atoms with Gasteiger partial charge in [0.2, 0.25) is 0 Å². The van der Waals surface area contributed by atoms with Crippen LogP contribution in [0.2, 0.25) is 0 Å². The zero-order valence-corrected chi connectivity index (χ0v) is 24.1. The van der Waals surface area contributed by atoms with E-state index in [2.05, 4.69) is 21.2 Å². The van der Waals surface area contributed by atoms with E-state index in [1.165, 1.54) is 0 Å². The number of carbonyl (C=O) groups is 4. The predicted molar refractivity (Wildman–Crippen MR) is 149 cm³/mol. The molecule has 9 nitrogen and oxygen atoms in total. The Morgan fingerprint density at radius 1 is 1.18 bits per heavy atom. The van der Waals surface area contributed by atoms with Gasteiger partial charge in [-0.3, -0.25) is 14.9 Å². The molecule has 0 spiro atoms. The van der Waals surface area contributed by atoms with Gasteiger partial charge in [-0.1, -0.05) is 6.07 Å². The van der Waals surface area contributed by atoms with Crippen molar-refractivity contribution in [2.75, 3.05) is 6.61 Å². The molecule has 2 heterocycles. The zero-order valence-electron chi connectivity index (χ0n) is 21.7. The Morgan fingerprint density at radius 3 is 2.56 bits per heavy atom. The first-order valence-corrected chi connectivity index (χ1v) is 13.6. The lowest BCUT2D eigenvalue weighted by Crippen LogP contribution is -2.42. The van der Waals surface area contributed by atoms with Crippen molar-refractivity contribution in [1.29, 1.82) is 0 Å². The summed E-state index contributed by atoms with van der Waals surface area (Å²) in [6, 6.07) is 5.40. The number of rotatable bonds is 7. The summed E-state index contributed by atoms with van der Waals surface area (Å²) in [6.07, 6.45) is 4.59. The van der Waals surface area contributed by atoms with Crippen LogP contribution in [-0.4, -0.2) is 40.4 Å². The van der Waals surface area contributed by atoms with Crippen molar-refractivity contribution < 1.29 is 38.5 Å². The smallest absolute Gasteiger partial charge is 0.336 e. The molecule has 0 saturated carbocycles. The highest BCUT2D eigenvalue weighted by atomic mass is 79.9. The Bertz CT molecular complexity index is 1460. The summed E-state index contributed by atoms with van der Waals surface area (Å²) in [6.45, 7) is 7.83. The van der Waals surface area contributed by atoms with Crippen LogP contribution >= 0.6 is 27.7 Å². The molecule has 0 aliphatic carbocycles. The lowest BCUT2D eigenvalue weighted by atomic mass is 9.87. The number of benzene rings is 2. The van der Waals surface area contributed by atoms with E-state index in [1.807, 2.05) is 33.8 Å². The first-order valence-electron chi connectivity index (χ1n) is 12.0. The topological polar surface area (TPSA) is 128 Å². The van der Waals surface area contributed by atoms with Crippen LogP contribution in [0.15, 0.2) is 39.7 Å². The molecule has 39 heavy (non-hydrogen) atoms. The standard InChI is InChI=1S/C28H26BrNO8S/c1-14-15(2)25-18(16(3)24(14)37-23(33)8-7-22(31)32)9-10-28(4,38-25)13-36-20-6-5-17(11-19(20)29)12-21-26(34)30-27(35)39-21/h5-8,11-12H,9-10,13H2,1-4H3,(H,31,32)(H,30,34,35). The van der Waals surface area contributed by atoms with Crippen molar-refractivity contribution in [3.8, 4) is 17.2 Å². The Morgan fingerprint density at radius 2 is 1.92 bits per heavy atom. The summed E-state index contributed by atoms with van der Waals surface area (Å²) in [7, 11) is 0. The number of carboxylic acids is 1. The molecular weight excluding hydrogens is 590 g/mol. The number of thioether (sulfide) groups is 1. The van der Waals surface area contributed by atoms with Crippen LogP contribution in [0.3, 0.4) is 0 Å². The third-order valence-corrected chi connectivity index (χ3v) is 7.99. The maximum Gasteiger partial charge on any atom is 0.336 e. The number of amides is 2. The van der Waals surface area contributed by atoms with Crippen molar-refractivity contribution in [2.45, 2.75) is 46.1 Å². The molecule has 204 valence electrons. The maximum atomic E-state index is 12.1. The highest BCUT2D eigenvalue weighted by molar-refractivity contribution is 9.10. The fraction of sp³-hybridized carbons (Fsp3) is 0.286. The molecule has 2 aromatic carbocycles. The zero-order chi connectivity index (χ0) is 28.5. The molecule has 4 rings (SSSR count). The van der Waals surface area contributed by atoms with Crippen molar-refractivity contribution in [1.82, 2.24) is 5.32 Å². The number of fused-ring (bicyclic) bond motifs is 1. The van der Waals surface area contributed by atoms with Crippen LogP contribution < -0.4 is 19.5 Å². The van der Waals surface area contributed by atoms with Crippen molar-refractivity contribution in [2.24, 2.45) is 0 Å². The fourth-order valence-electron chi connectivity index (χ4n) is 4.34. The largest absolute Gasteiger partial charge is 0.488 e. The average molecular weight is 616 g/mol. The Balaban J connectivity index is 1.48.